The lowest BCUT2D eigenvalue weighted by atomic mass is 9.90. The van der Waals surface area contributed by atoms with E-state index in [-0.39, 0.29) is 36.8 Å². The number of fused-ring (bicyclic) bond motifs is 1. The summed E-state index contributed by atoms with van der Waals surface area (Å²) in [4.78, 5) is 6.99. The summed E-state index contributed by atoms with van der Waals surface area (Å²) in [6, 6.07) is 18.9. The number of nitrogens with zero attached hydrogens (tertiary/aromatic N) is 2. The zero-order chi connectivity index (χ0) is 16.9. The molecule has 0 saturated heterocycles. The van der Waals surface area contributed by atoms with E-state index >= 15 is 0 Å². The Morgan fingerprint density at radius 2 is 1.73 bits per heavy atom. The normalized spacial score (nSPS) is 16.9. The Kier molecular flexibility index (Phi) is 9.09. The molecule has 1 aliphatic rings. The molecule has 4 nitrogen and oxygen atoms in total. The molecule has 0 fully saturated rings. The van der Waals surface area contributed by atoms with Crippen molar-refractivity contribution in [1.29, 1.82) is 0 Å². The van der Waals surface area contributed by atoms with Crippen LogP contribution in [-0.2, 0) is 0 Å². The van der Waals surface area contributed by atoms with Crippen molar-refractivity contribution in [3.8, 4) is 0 Å². The number of amidine groups is 1. The van der Waals surface area contributed by atoms with Gasteiger partial charge < -0.3 is 16.0 Å². The molecular weight excluding hydrogens is 367 g/mol. The maximum absolute atomic E-state index is 6.39. The van der Waals surface area contributed by atoms with Crippen LogP contribution in [0.1, 0.15) is 23.5 Å². The van der Waals surface area contributed by atoms with E-state index in [1.54, 1.807) is 0 Å². The Morgan fingerprint density at radius 3 is 2.42 bits per heavy atom. The Labute approximate surface area is 168 Å². The van der Waals surface area contributed by atoms with Gasteiger partial charge in [-0.05, 0) is 44.3 Å². The second-order valence-corrected chi connectivity index (χ2v) is 6.60. The Bertz CT molecular complexity index is 704. The summed E-state index contributed by atoms with van der Waals surface area (Å²) in [7, 11) is 4.13. The lowest BCUT2D eigenvalue weighted by Gasteiger charge is -2.19. The number of anilines is 1. The second-order valence-electron chi connectivity index (χ2n) is 6.60. The standard InChI is InChI=1S/C20H26N4.2ClH/c1-24(2)13-12-18(21)20-22-14-17(15-8-4-3-5-9-15)16-10-6-7-11-19(16)23-20;;/h3-11,17-18H,12-14,21H2,1-2H3,(H,22,23);2*1H. The molecule has 6 heteroatoms. The summed E-state index contributed by atoms with van der Waals surface area (Å²) in [5, 5.41) is 3.49. The summed E-state index contributed by atoms with van der Waals surface area (Å²) in [5.41, 5.74) is 10.1. The van der Waals surface area contributed by atoms with Gasteiger partial charge in [0.1, 0.15) is 5.84 Å². The molecule has 2 aromatic rings. The molecule has 3 rings (SSSR count). The van der Waals surface area contributed by atoms with Crippen LogP contribution in [0, 0.1) is 0 Å². The number of hydrogen-bond acceptors (Lipinski definition) is 4. The van der Waals surface area contributed by atoms with E-state index in [9.17, 15) is 0 Å². The molecule has 0 radical (unpaired) electrons. The van der Waals surface area contributed by atoms with Crippen molar-refractivity contribution in [2.45, 2.75) is 18.4 Å². The third kappa shape index (κ3) is 5.45. The second kappa shape index (κ2) is 10.5. The molecule has 0 bridgehead atoms. The Balaban J connectivity index is 0.00000169. The third-order valence-corrected chi connectivity index (χ3v) is 4.48. The van der Waals surface area contributed by atoms with Gasteiger partial charge in [-0.25, -0.2) is 0 Å². The van der Waals surface area contributed by atoms with E-state index in [1.807, 2.05) is 0 Å². The van der Waals surface area contributed by atoms with Gasteiger partial charge in [-0.3, -0.25) is 4.99 Å². The van der Waals surface area contributed by atoms with Gasteiger partial charge in [-0.2, -0.15) is 0 Å². The SMILES string of the molecule is CN(C)CCC(N)C1=NCC(c2ccccc2)c2ccccc2N1.Cl.Cl. The highest BCUT2D eigenvalue weighted by Gasteiger charge is 2.23. The minimum absolute atomic E-state index is 0. The number of halogens is 2. The van der Waals surface area contributed by atoms with Gasteiger partial charge in [0.2, 0.25) is 0 Å². The highest BCUT2D eigenvalue weighted by atomic mass is 35.5. The molecular formula is C20H28Cl2N4. The largest absolute Gasteiger partial charge is 0.343 e. The van der Waals surface area contributed by atoms with Gasteiger partial charge in [-0.15, -0.1) is 24.8 Å². The first kappa shape index (κ1) is 22.5. The molecule has 3 N–H and O–H groups in total. The molecule has 26 heavy (non-hydrogen) atoms. The number of benzene rings is 2. The van der Waals surface area contributed by atoms with Gasteiger partial charge in [0, 0.05) is 11.6 Å². The number of aliphatic imine (C=N–C) groups is 1. The summed E-state index contributed by atoms with van der Waals surface area (Å²) >= 11 is 0. The predicted molar refractivity (Wildman–Crippen MR) is 116 cm³/mol. The van der Waals surface area contributed by atoms with Crippen LogP contribution in [-0.4, -0.2) is 44.0 Å². The van der Waals surface area contributed by atoms with Crippen molar-refractivity contribution in [2.75, 3.05) is 32.5 Å². The van der Waals surface area contributed by atoms with Gasteiger partial charge in [-0.1, -0.05) is 48.5 Å². The number of nitrogens with one attached hydrogen (secondary N) is 1. The van der Waals surface area contributed by atoms with Crippen LogP contribution in [0.3, 0.4) is 0 Å². The molecule has 1 aliphatic heterocycles. The van der Waals surface area contributed by atoms with Crippen molar-refractivity contribution in [1.82, 2.24) is 4.90 Å². The summed E-state index contributed by atoms with van der Waals surface area (Å²) in [6.07, 6.45) is 0.886. The van der Waals surface area contributed by atoms with E-state index in [2.05, 4.69) is 78.9 Å². The summed E-state index contributed by atoms with van der Waals surface area (Å²) in [6.45, 7) is 1.67. The molecule has 1 heterocycles. The van der Waals surface area contributed by atoms with Crippen molar-refractivity contribution >= 4 is 36.3 Å². The van der Waals surface area contributed by atoms with Gasteiger partial charge >= 0.3 is 0 Å². The fraction of sp³-hybridized carbons (Fsp3) is 0.350. The summed E-state index contributed by atoms with van der Waals surface area (Å²) in [5.74, 6) is 1.15. The summed E-state index contributed by atoms with van der Waals surface area (Å²) < 4.78 is 0. The molecule has 0 saturated carbocycles. The number of para-hydroxylation sites is 1. The zero-order valence-electron chi connectivity index (χ0n) is 15.3. The molecule has 0 aliphatic carbocycles. The Hall–Kier alpha value is -1.59. The predicted octanol–water partition coefficient (Wildman–Crippen LogP) is 3.77. The lowest BCUT2D eigenvalue weighted by Crippen LogP contribution is -2.38. The van der Waals surface area contributed by atoms with Crippen molar-refractivity contribution < 1.29 is 0 Å². The van der Waals surface area contributed by atoms with Crippen LogP contribution in [0.25, 0.3) is 0 Å². The fourth-order valence-electron chi connectivity index (χ4n) is 3.09. The number of rotatable bonds is 5. The van der Waals surface area contributed by atoms with Crippen LogP contribution < -0.4 is 11.1 Å². The molecule has 0 aromatic heterocycles. The highest BCUT2D eigenvalue weighted by molar-refractivity contribution is 6.00. The Morgan fingerprint density at radius 1 is 1.08 bits per heavy atom. The van der Waals surface area contributed by atoms with Crippen molar-refractivity contribution in [3.05, 3.63) is 65.7 Å². The fourth-order valence-corrected chi connectivity index (χ4v) is 3.09. The third-order valence-electron chi connectivity index (χ3n) is 4.48. The minimum atomic E-state index is -0.0741. The first-order chi connectivity index (χ1) is 11.6. The topological polar surface area (TPSA) is 53.6 Å². The maximum Gasteiger partial charge on any atom is 0.118 e. The first-order valence-corrected chi connectivity index (χ1v) is 8.50. The molecule has 2 atom stereocenters. The lowest BCUT2D eigenvalue weighted by molar-refractivity contribution is 0.395. The molecule has 0 spiro atoms. The average Bonchev–Trinajstić information content (AvgIpc) is 2.80. The van der Waals surface area contributed by atoms with E-state index in [1.165, 1.54) is 11.1 Å². The molecule has 142 valence electrons. The van der Waals surface area contributed by atoms with Crippen LogP contribution in [0.15, 0.2) is 59.6 Å². The number of hydrogen-bond donors (Lipinski definition) is 2. The van der Waals surface area contributed by atoms with Gasteiger partial charge in [0.05, 0.1) is 12.6 Å². The van der Waals surface area contributed by atoms with Crippen LogP contribution in [0.5, 0.6) is 0 Å². The van der Waals surface area contributed by atoms with Crippen LogP contribution in [0.4, 0.5) is 5.69 Å². The average molecular weight is 395 g/mol. The van der Waals surface area contributed by atoms with E-state index in [0.717, 1.165) is 31.0 Å². The van der Waals surface area contributed by atoms with Gasteiger partial charge in [0.15, 0.2) is 0 Å². The van der Waals surface area contributed by atoms with Crippen molar-refractivity contribution in [2.24, 2.45) is 10.7 Å². The quantitative estimate of drug-likeness (QED) is 0.811. The van der Waals surface area contributed by atoms with E-state index < -0.39 is 0 Å². The van der Waals surface area contributed by atoms with Gasteiger partial charge in [0.25, 0.3) is 0 Å². The maximum atomic E-state index is 6.39. The minimum Gasteiger partial charge on any atom is -0.343 e. The van der Waals surface area contributed by atoms with Crippen molar-refractivity contribution in [3.63, 3.8) is 0 Å². The van der Waals surface area contributed by atoms with E-state index in [4.69, 9.17) is 10.7 Å². The smallest absolute Gasteiger partial charge is 0.118 e. The highest BCUT2D eigenvalue weighted by Crippen LogP contribution is 2.32. The number of nitrogens with two attached hydrogens (primary N) is 1. The molecule has 2 aromatic carbocycles. The monoisotopic (exact) mass is 394 g/mol. The molecule has 2 unspecified atom stereocenters. The van der Waals surface area contributed by atoms with E-state index in [0.29, 0.717) is 0 Å². The van der Waals surface area contributed by atoms with Crippen LogP contribution in [0.2, 0.25) is 0 Å². The van der Waals surface area contributed by atoms with Crippen LogP contribution >= 0.6 is 24.8 Å². The molecule has 0 amide bonds. The zero-order valence-corrected chi connectivity index (χ0v) is 16.9. The first-order valence-electron chi connectivity index (χ1n) is 8.50.